The molecule has 0 saturated carbocycles. The Balaban J connectivity index is 1.24. The van der Waals surface area contributed by atoms with Gasteiger partial charge in [-0.1, -0.05) is 36.4 Å². The van der Waals surface area contributed by atoms with Crippen molar-refractivity contribution in [2.24, 2.45) is 5.73 Å². The van der Waals surface area contributed by atoms with E-state index in [-0.39, 0.29) is 11.6 Å². The number of nitrogens with two attached hydrogens (primary N) is 1. The van der Waals surface area contributed by atoms with Gasteiger partial charge in [-0.2, -0.15) is 15.0 Å². The normalized spacial score (nSPS) is 12.9. The van der Waals surface area contributed by atoms with Gasteiger partial charge in [-0.3, -0.25) is 14.9 Å². The first-order chi connectivity index (χ1) is 23.5. The lowest BCUT2D eigenvalue weighted by Crippen LogP contribution is -2.47. The molecule has 5 N–H and O–H groups in total. The molecule has 15 heteroatoms. The molecular formula is C33H40N10O5. The van der Waals surface area contributed by atoms with Crippen LogP contribution < -0.4 is 31.5 Å². The molecule has 1 aromatic heterocycles. The third kappa shape index (κ3) is 10.1. The van der Waals surface area contributed by atoms with E-state index in [2.05, 4.69) is 30.7 Å². The lowest BCUT2D eigenvalue weighted by atomic mass is 10.2. The number of hydrogen-bond acceptors (Lipinski definition) is 13. The van der Waals surface area contributed by atoms with Crippen LogP contribution in [-0.4, -0.2) is 91.5 Å². The van der Waals surface area contributed by atoms with Gasteiger partial charge in [-0.05, 0) is 35.9 Å². The molecule has 3 aromatic carbocycles. The van der Waals surface area contributed by atoms with Crippen LogP contribution >= 0.6 is 0 Å². The number of nitro groups is 1. The highest BCUT2D eigenvalue weighted by Crippen LogP contribution is 2.24. The van der Waals surface area contributed by atoms with E-state index >= 15 is 0 Å². The number of non-ortho nitro benzene ring substituents is 1. The lowest BCUT2D eigenvalue weighted by molar-refractivity contribution is -0.384. The minimum absolute atomic E-state index is 0.0649. The number of nitrogens with one attached hydrogen (secondary N) is 3. The Morgan fingerprint density at radius 2 is 1.54 bits per heavy atom. The number of nitrogens with zero attached hydrogens (tertiary/aromatic N) is 6. The Morgan fingerprint density at radius 3 is 2.27 bits per heavy atom. The van der Waals surface area contributed by atoms with E-state index in [1.807, 2.05) is 36.4 Å². The van der Waals surface area contributed by atoms with Crippen LogP contribution in [0.3, 0.4) is 0 Å². The predicted molar refractivity (Wildman–Crippen MR) is 184 cm³/mol. The van der Waals surface area contributed by atoms with E-state index in [1.165, 1.54) is 12.1 Å². The van der Waals surface area contributed by atoms with Crippen molar-refractivity contribution in [1.82, 2.24) is 20.3 Å². The van der Waals surface area contributed by atoms with Gasteiger partial charge in [-0.15, -0.1) is 0 Å². The summed E-state index contributed by atoms with van der Waals surface area (Å²) in [6.07, 6.45) is 0. The second-order valence-corrected chi connectivity index (χ2v) is 10.8. The highest BCUT2D eigenvalue weighted by molar-refractivity contribution is 5.95. The van der Waals surface area contributed by atoms with Crippen molar-refractivity contribution in [3.8, 4) is 0 Å². The number of carbonyl (C=O) groups excluding carboxylic acids is 1. The molecule has 0 atom stereocenters. The molecule has 4 aromatic rings. The number of carbonyl (C=O) groups is 1. The Hall–Kier alpha value is -5.38. The summed E-state index contributed by atoms with van der Waals surface area (Å²) in [4.78, 5) is 41.8. The maximum atomic E-state index is 12.8. The standard InChI is InChI=1S/C33H40N10O5/c34-13-19-47-21-22-48-20-14-35-30(44)26-7-4-8-27(23-26)37-32-38-31(36-24-25-5-2-1-3-6-25)39-33(40-32)42-17-15-41(16-18-42)28-9-11-29(12-10-28)43(45)46/h1-12,23H,13-22,24,34H2,(H,35,44)(H2,36,37,38,39,40). The first-order valence-electron chi connectivity index (χ1n) is 15.8. The average Bonchev–Trinajstić information content (AvgIpc) is 3.12. The molecule has 2 heterocycles. The summed E-state index contributed by atoms with van der Waals surface area (Å²) < 4.78 is 10.8. The fraction of sp³-hybridized carbons (Fsp3) is 0.333. The van der Waals surface area contributed by atoms with Gasteiger partial charge in [0.15, 0.2) is 0 Å². The van der Waals surface area contributed by atoms with Gasteiger partial charge >= 0.3 is 0 Å². The number of piperazine rings is 1. The SMILES string of the molecule is NCCOCCOCCNC(=O)c1cccc(Nc2nc(NCc3ccccc3)nc(N3CCN(c4ccc([N+](=O)[O-])cc4)CC3)n2)c1. The minimum atomic E-state index is -0.399. The zero-order valence-electron chi connectivity index (χ0n) is 26.6. The molecule has 0 bridgehead atoms. The Bertz CT molecular complexity index is 1620. The summed E-state index contributed by atoms with van der Waals surface area (Å²) in [5.74, 6) is 1.02. The summed E-state index contributed by atoms with van der Waals surface area (Å²) in [5, 5.41) is 20.5. The molecule has 1 aliphatic rings. The second kappa shape index (κ2) is 17.5. The zero-order valence-corrected chi connectivity index (χ0v) is 26.6. The fourth-order valence-electron chi connectivity index (χ4n) is 4.98. The van der Waals surface area contributed by atoms with Gasteiger partial charge in [0.2, 0.25) is 17.8 Å². The maximum absolute atomic E-state index is 12.8. The van der Waals surface area contributed by atoms with Crippen molar-refractivity contribution in [1.29, 1.82) is 0 Å². The predicted octanol–water partition coefficient (Wildman–Crippen LogP) is 3.18. The van der Waals surface area contributed by atoms with Crippen molar-refractivity contribution < 1.29 is 19.2 Å². The number of nitro benzene ring substituents is 1. The molecule has 0 unspecified atom stereocenters. The van der Waals surface area contributed by atoms with Crippen LogP contribution in [-0.2, 0) is 16.0 Å². The third-order valence-electron chi connectivity index (χ3n) is 7.45. The lowest BCUT2D eigenvalue weighted by Gasteiger charge is -2.36. The van der Waals surface area contributed by atoms with Gasteiger partial charge in [0.25, 0.3) is 11.6 Å². The summed E-state index contributed by atoms with van der Waals surface area (Å²) in [7, 11) is 0. The monoisotopic (exact) mass is 656 g/mol. The van der Waals surface area contributed by atoms with Crippen molar-refractivity contribution >= 4 is 40.8 Å². The fourth-order valence-corrected chi connectivity index (χ4v) is 4.98. The smallest absolute Gasteiger partial charge is 0.269 e. The molecular weight excluding hydrogens is 616 g/mol. The maximum Gasteiger partial charge on any atom is 0.269 e. The van der Waals surface area contributed by atoms with Crippen LogP contribution in [0, 0.1) is 10.1 Å². The second-order valence-electron chi connectivity index (χ2n) is 10.8. The van der Waals surface area contributed by atoms with Crippen LogP contribution in [0.25, 0.3) is 0 Å². The van der Waals surface area contributed by atoms with Gasteiger partial charge in [0, 0.05) is 74.9 Å². The quantitative estimate of drug-likeness (QED) is 0.0738. The molecule has 1 amide bonds. The van der Waals surface area contributed by atoms with Crippen molar-refractivity contribution in [3.05, 3.63) is 100 Å². The van der Waals surface area contributed by atoms with Crippen molar-refractivity contribution in [2.45, 2.75) is 6.54 Å². The highest BCUT2D eigenvalue weighted by Gasteiger charge is 2.22. The summed E-state index contributed by atoms with van der Waals surface area (Å²) >= 11 is 0. The van der Waals surface area contributed by atoms with Gasteiger partial charge < -0.3 is 41.0 Å². The summed E-state index contributed by atoms with van der Waals surface area (Å²) in [5.41, 5.74) is 8.58. The molecule has 0 spiro atoms. The number of benzene rings is 3. The van der Waals surface area contributed by atoms with E-state index in [0.29, 0.717) is 101 Å². The average molecular weight is 657 g/mol. The number of amides is 1. The number of ether oxygens (including phenoxy) is 2. The zero-order chi connectivity index (χ0) is 33.6. The number of aromatic nitrogens is 3. The topological polar surface area (TPSA) is 186 Å². The van der Waals surface area contributed by atoms with E-state index in [4.69, 9.17) is 25.2 Å². The molecule has 15 nitrogen and oxygen atoms in total. The molecule has 1 fully saturated rings. The van der Waals surface area contributed by atoms with Crippen LogP contribution in [0.1, 0.15) is 15.9 Å². The largest absolute Gasteiger partial charge is 0.378 e. The van der Waals surface area contributed by atoms with Crippen LogP contribution in [0.4, 0.5) is 34.9 Å². The van der Waals surface area contributed by atoms with Gasteiger partial charge in [0.1, 0.15) is 0 Å². The molecule has 1 saturated heterocycles. The first kappa shape index (κ1) is 34.0. The van der Waals surface area contributed by atoms with E-state index in [9.17, 15) is 14.9 Å². The Morgan fingerprint density at radius 1 is 0.833 bits per heavy atom. The minimum Gasteiger partial charge on any atom is -0.378 e. The van der Waals surface area contributed by atoms with Crippen LogP contribution in [0.5, 0.6) is 0 Å². The van der Waals surface area contributed by atoms with Gasteiger partial charge in [-0.25, -0.2) is 0 Å². The molecule has 0 radical (unpaired) electrons. The molecule has 1 aliphatic heterocycles. The molecule has 5 rings (SSSR count). The molecule has 0 aliphatic carbocycles. The van der Waals surface area contributed by atoms with Gasteiger partial charge in [0.05, 0.1) is 31.4 Å². The first-order valence-corrected chi connectivity index (χ1v) is 15.8. The highest BCUT2D eigenvalue weighted by atomic mass is 16.6. The molecule has 48 heavy (non-hydrogen) atoms. The Labute approximate surface area is 278 Å². The number of rotatable bonds is 17. The van der Waals surface area contributed by atoms with E-state index in [1.54, 1.807) is 30.3 Å². The van der Waals surface area contributed by atoms with Crippen LogP contribution in [0.15, 0.2) is 78.9 Å². The Kier molecular flexibility index (Phi) is 12.4. The summed E-state index contributed by atoms with van der Waals surface area (Å²) in [6, 6.07) is 23.6. The molecule has 252 valence electrons. The van der Waals surface area contributed by atoms with E-state index < -0.39 is 4.92 Å². The van der Waals surface area contributed by atoms with E-state index in [0.717, 1.165) is 11.3 Å². The number of anilines is 5. The van der Waals surface area contributed by atoms with Crippen LogP contribution in [0.2, 0.25) is 0 Å². The van der Waals surface area contributed by atoms with Crippen molar-refractivity contribution in [3.63, 3.8) is 0 Å². The number of hydrogen-bond donors (Lipinski definition) is 4. The summed E-state index contributed by atoms with van der Waals surface area (Å²) in [6.45, 7) is 5.74. The third-order valence-corrected chi connectivity index (χ3v) is 7.45. The van der Waals surface area contributed by atoms with Crippen molar-refractivity contribution in [2.75, 3.05) is 86.1 Å².